The lowest BCUT2D eigenvalue weighted by atomic mass is 9.97. The summed E-state index contributed by atoms with van der Waals surface area (Å²) in [6.07, 6.45) is 4.35. The van der Waals surface area contributed by atoms with Crippen LogP contribution >= 0.6 is 0 Å². The topological polar surface area (TPSA) is 67.3 Å². The van der Waals surface area contributed by atoms with Crippen LogP contribution in [0.3, 0.4) is 0 Å². The zero-order chi connectivity index (χ0) is 19.8. The third-order valence-corrected chi connectivity index (χ3v) is 4.83. The van der Waals surface area contributed by atoms with Gasteiger partial charge in [0.05, 0.1) is 5.92 Å². The van der Waals surface area contributed by atoms with Crippen LogP contribution in [0.4, 0.5) is 10.2 Å². The SMILES string of the molecule is CCOCCCNC(=O)C1CCCN(c2ccnc(-c3ccc(F)cc3)n2)C1. The van der Waals surface area contributed by atoms with Gasteiger partial charge in [0, 0.05) is 44.6 Å². The van der Waals surface area contributed by atoms with E-state index in [0.717, 1.165) is 37.2 Å². The van der Waals surface area contributed by atoms with Gasteiger partial charge in [-0.3, -0.25) is 4.79 Å². The van der Waals surface area contributed by atoms with Crippen molar-refractivity contribution in [3.63, 3.8) is 0 Å². The van der Waals surface area contributed by atoms with Gasteiger partial charge in [0.1, 0.15) is 11.6 Å². The molecule has 2 heterocycles. The monoisotopic (exact) mass is 386 g/mol. The minimum atomic E-state index is -0.286. The van der Waals surface area contributed by atoms with Crippen LogP contribution in [0.2, 0.25) is 0 Å². The largest absolute Gasteiger partial charge is 0.382 e. The van der Waals surface area contributed by atoms with Gasteiger partial charge in [-0.2, -0.15) is 0 Å². The molecule has 2 aromatic rings. The summed E-state index contributed by atoms with van der Waals surface area (Å²) in [7, 11) is 0. The van der Waals surface area contributed by atoms with Gasteiger partial charge in [0.2, 0.25) is 5.91 Å². The van der Waals surface area contributed by atoms with E-state index in [4.69, 9.17) is 4.74 Å². The summed E-state index contributed by atoms with van der Waals surface area (Å²) < 4.78 is 18.4. The van der Waals surface area contributed by atoms with Gasteiger partial charge >= 0.3 is 0 Å². The van der Waals surface area contributed by atoms with Gasteiger partial charge < -0.3 is 15.0 Å². The molecule has 1 atom stereocenters. The van der Waals surface area contributed by atoms with Crippen LogP contribution in [0.15, 0.2) is 36.5 Å². The molecule has 0 aliphatic carbocycles. The Kier molecular flexibility index (Phi) is 7.31. The molecule has 0 saturated carbocycles. The first-order valence-electron chi connectivity index (χ1n) is 9.86. The highest BCUT2D eigenvalue weighted by molar-refractivity contribution is 5.79. The highest BCUT2D eigenvalue weighted by Gasteiger charge is 2.26. The standard InChI is InChI=1S/C21H27FN4O2/c1-2-28-14-4-11-24-21(27)17-5-3-13-26(15-17)19-10-12-23-20(25-19)16-6-8-18(22)9-7-16/h6-10,12,17H,2-5,11,13-15H2,1H3,(H,24,27). The Morgan fingerprint density at radius 2 is 2.14 bits per heavy atom. The molecule has 7 heteroatoms. The van der Waals surface area contributed by atoms with Crippen molar-refractivity contribution in [2.45, 2.75) is 26.2 Å². The fourth-order valence-corrected chi connectivity index (χ4v) is 3.34. The number of benzene rings is 1. The van der Waals surface area contributed by atoms with E-state index < -0.39 is 0 Å². The van der Waals surface area contributed by atoms with E-state index in [2.05, 4.69) is 20.2 Å². The molecule has 1 aromatic carbocycles. The molecular weight excluding hydrogens is 359 g/mol. The summed E-state index contributed by atoms with van der Waals surface area (Å²) in [6, 6.07) is 8.00. The number of anilines is 1. The van der Waals surface area contributed by atoms with Crippen LogP contribution in [-0.4, -0.2) is 48.7 Å². The molecule has 1 N–H and O–H groups in total. The predicted octanol–water partition coefficient (Wildman–Crippen LogP) is 3.04. The average molecular weight is 386 g/mol. The number of carbonyl (C=O) groups excluding carboxylic acids is 1. The van der Waals surface area contributed by atoms with Gasteiger partial charge in [-0.15, -0.1) is 0 Å². The third kappa shape index (κ3) is 5.48. The number of aromatic nitrogens is 2. The minimum absolute atomic E-state index is 0.0509. The Bertz CT molecular complexity index is 769. The van der Waals surface area contributed by atoms with Crippen LogP contribution in [0.1, 0.15) is 26.2 Å². The van der Waals surface area contributed by atoms with E-state index in [0.29, 0.717) is 32.1 Å². The van der Waals surface area contributed by atoms with Gasteiger partial charge in [-0.1, -0.05) is 0 Å². The summed E-state index contributed by atoms with van der Waals surface area (Å²) in [5, 5.41) is 3.01. The number of hydrogen-bond donors (Lipinski definition) is 1. The summed E-state index contributed by atoms with van der Waals surface area (Å²) in [6.45, 7) is 5.46. The molecule has 0 spiro atoms. The van der Waals surface area contributed by atoms with E-state index in [1.165, 1.54) is 12.1 Å². The summed E-state index contributed by atoms with van der Waals surface area (Å²) >= 11 is 0. The van der Waals surface area contributed by atoms with Crippen molar-refractivity contribution in [2.75, 3.05) is 37.7 Å². The molecular formula is C21H27FN4O2. The number of halogens is 1. The third-order valence-electron chi connectivity index (χ3n) is 4.83. The lowest BCUT2D eigenvalue weighted by Crippen LogP contribution is -2.43. The maximum absolute atomic E-state index is 13.1. The number of rotatable bonds is 8. The lowest BCUT2D eigenvalue weighted by Gasteiger charge is -2.33. The number of nitrogens with zero attached hydrogens (tertiary/aromatic N) is 3. The molecule has 3 rings (SSSR count). The first kappa shape index (κ1) is 20.2. The molecule has 0 bridgehead atoms. The normalized spacial score (nSPS) is 16.8. The number of carbonyl (C=O) groups is 1. The van der Waals surface area contributed by atoms with Crippen LogP contribution in [-0.2, 0) is 9.53 Å². The average Bonchev–Trinajstić information content (AvgIpc) is 2.74. The number of amides is 1. The number of nitrogens with one attached hydrogen (secondary N) is 1. The fourth-order valence-electron chi connectivity index (χ4n) is 3.34. The van der Waals surface area contributed by atoms with E-state index in [1.807, 2.05) is 13.0 Å². The molecule has 28 heavy (non-hydrogen) atoms. The van der Waals surface area contributed by atoms with Crippen molar-refractivity contribution < 1.29 is 13.9 Å². The molecule has 150 valence electrons. The second-order valence-corrected chi connectivity index (χ2v) is 6.87. The lowest BCUT2D eigenvalue weighted by molar-refractivity contribution is -0.125. The van der Waals surface area contributed by atoms with Crippen LogP contribution < -0.4 is 10.2 Å². The molecule has 1 unspecified atom stereocenters. The van der Waals surface area contributed by atoms with Crippen molar-refractivity contribution in [1.29, 1.82) is 0 Å². The van der Waals surface area contributed by atoms with E-state index >= 15 is 0 Å². The fraction of sp³-hybridized carbons (Fsp3) is 0.476. The predicted molar refractivity (Wildman–Crippen MR) is 106 cm³/mol. The van der Waals surface area contributed by atoms with Crippen molar-refractivity contribution >= 4 is 11.7 Å². The number of piperidine rings is 1. The van der Waals surface area contributed by atoms with E-state index in [-0.39, 0.29) is 17.6 Å². The highest BCUT2D eigenvalue weighted by Crippen LogP contribution is 2.24. The van der Waals surface area contributed by atoms with Gasteiger partial charge in [-0.25, -0.2) is 14.4 Å². The zero-order valence-electron chi connectivity index (χ0n) is 16.2. The molecule has 0 radical (unpaired) electrons. The summed E-state index contributed by atoms with van der Waals surface area (Å²) in [5.41, 5.74) is 0.767. The van der Waals surface area contributed by atoms with Gasteiger partial charge in [0.25, 0.3) is 0 Å². The maximum atomic E-state index is 13.1. The second kappa shape index (κ2) is 10.1. The summed E-state index contributed by atoms with van der Waals surface area (Å²) in [5.74, 6) is 1.10. The molecule has 1 aliphatic rings. The Morgan fingerprint density at radius 1 is 1.32 bits per heavy atom. The molecule has 1 saturated heterocycles. The number of ether oxygens (including phenoxy) is 1. The number of hydrogen-bond acceptors (Lipinski definition) is 5. The zero-order valence-corrected chi connectivity index (χ0v) is 16.2. The second-order valence-electron chi connectivity index (χ2n) is 6.87. The van der Waals surface area contributed by atoms with Crippen molar-refractivity contribution in [3.05, 3.63) is 42.3 Å². The molecule has 1 aliphatic heterocycles. The Balaban J connectivity index is 1.60. The maximum Gasteiger partial charge on any atom is 0.224 e. The Labute approximate surface area is 165 Å². The van der Waals surface area contributed by atoms with Crippen molar-refractivity contribution in [2.24, 2.45) is 5.92 Å². The van der Waals surface area contributed by atoms with Crippen LogP contribution in [0.5, 0.6) is 0 Å². The van der Waals surface area contributed by atoms with Crippen molar-refractivity contribution in [1.82, 2.24) is 15.3 Å². The van der Waals surface area contributed by atoms with Gasteiger partial charge in [-0.05, 0) is 56.5 Å². The summed E-state index contributed by atoms with van der Waals surface area (Å²) in [4.78, 5) is 23.5. The van der Waals surface area contributed by atoms with Crippen LogP contribution in [0.25, 0.3) is 11.4 Å². The molecule has 6 nitrogen and oxygen atoms in total. The van der Waals surface area contributed by atoms with E-state index in [1.54, 1.807) is 18.3 Å². The van der Waals surface area contributed by atoms with Crippen LogP contribution in [0, 0.1) is 11.7 Å². The highest BCUT2D eigenvalue weighted by atomic mass is 19.1. The Hall–Kier alpha value is -2.54. The molecule has 1 fully saturated rings. The minimum Gasteiger partial charge on any atom is -0.382 e. The first-order chi connectivity index (χ1) is 13.7. The van der Waals surface area contributed by atoms with E-state index in [9.17, 15) is 9.18 Å². The quantitative estimate of drug-likeness (QED) is 0.707. The van der Waals surface area contributed by atoms with Crippen molar-refractivity contribution in [3.8, 4) is 11.4 Å². The van der Waals surface area contributed by atoms with Gasteiger partial charge in [0.15, 0.2) is 5.82 Å². The molecule has 1 amide bonds. The Morgan fingerprint density at radius 3 is 2.93 bits per heavy atom. The smallest absolute Gasteiger partial charge is 0.224 e. The first-order valence-corrected chi connectivity index (χ1v) is 9.86. The molecule has 1 aromatic heterocycles.